The molecule has 4 rings (SSSR count). The number of H-pyrrole nitrogens is 1. The van der Waals surface area contributed by atoms with Gasteiger partial charge in [-0.05, 0) is 36.2 Å². The lowest BCUT2D eigenvalue weighted by molar-refractivity contribution is 0.0640. The number of halogens is 2. The standard InChI is InChI=1S/C21H22FN3O.ClH/c22-18-6-4-16(5-7-18)9-11-24-12-14-25(15-13-24)21(26)19-3-1-2-17-8-10-23-20(17)19;/h1-8,10,23H,9,11-15H2;1H. The average molecular weight is 388 g/mol. The highest BCUT2D eigenvalue weighted by molar-refractivity contribution is 6.05. The van der Waals surface area contributed by atoms with Crippen LogP contribution in [-0.4, -0.2) is 53.4 Å². The van der Waals surface area contributed by atoms with Gasteiger partial charge in [-0.15, -0.1) is 12.4 Å². The van der Waals surface area contributed by atoms with E-state index in [4.69, 9.17) is 0 Å². The third kappa shape index (κ3) is 4.31. The summed E-state index contributed by atoms with van der Waals surface area (Å²) < 4.78 is 13.0. The molecule has 142 valence electrons. The zero-order valence-corrected chi connectivity index (χ0v) is 15.8. The first-order chi connectivity index (χ1) is 12.7. The lowest BCUT2D eigenvalue weighted by Gasteiger charge is -2.34. The van der Waals surface area contributed by atoms with Gasteiger partial charge in [0.25, 0.3) is 5.91 Å². The van der Waals surface area contributed by atoms with E-state index in [1.807, 2.05) is 47.5 Å². The third-order valence-corrected chi connectivity index (χ3v) is 5.11. The highest BCUT2D eigenvalue weighted by Gasteiger charge is 2.23. The molecule has 3 aromatic rings. The lowest BCUT2D eigenvalue weighted by Crippen LogP contribution is -2.49. The van der Waals surface area contributed by atoms with Crippen molar-refractivity contribution < 1.29 is 9.18 Å². The smallest absolute Gasteiger partial charge is 0.256 e. The lowest BCUT2D eigenvalue weighted by atomic mass is 10.1. The summed E-state index contributed by atoms with van der Waals surface area (Å²) in [6, 6.07) is 14.5. The Balaban J connectivity index is 0.00000210. The molecule has 1 aliphatic heterocycles. The Bertz CT molecular complexity index is 901. The number of aromatic amines is 1. The highest BCUT2D eigenvalue weighted by Crippen LogP contribution is 2.19. The minimum Gasteiger partial charge on any atom is -0.361 e. The number of nitrogens with zero attached hydrogens (tertiary/aromatic N) is 2. The molecule has 0 spiro atoms. The van der Waals surface area contributed by atoms with E-state index in [-0.39, 0.29) is 24.1 Å². The molecule has 0 aliphatic carbocycles. The van der Waals surface area contributed by atoms with Gasteiger partial charge in [-0.25, -0.2) is 4.39 Å². The normalized spacial score (nSPS) is 14.9. The van der Waals surface area contributed by atoms with Gasteiger partial charge in [-0.1, -0.05) is 24.3 Å². The first kappa shape index (κ1) is 19.4. The van der Waals surface area contributed by atoms with Crippen LogP contribution in [0.15, 0.2) is 54.7 Å². The number of amides is 1. The van der Waals surface area contributed by atoms with E-state index in [0.717, 1.165) is 61.2 Å². The molecular weight excluding hydrogens is 365 g/mol. The number of para-hydroxylation sites is 1. The summed E-state index contributed by atoms with van der Waals surface area (Å²) in [7, 11) is 0. The van der Waals surface area contributed by atoms with Gasteiger partial charge >= 0.3 is 0 Å². The van der Waals surface area contributed by atoms with Gasteiger partial charge in [0.2, 0.25) is 0 Å². The van der Waals surface area contributed by atoms with Crippen LogP contribution in [0.3, 0.4) is 0 Å². The predicted molar refractivity (Wildman–Crippen MR) is 108 cm³/mol. The van der Waals surface area contributed by atoms with E-state index in [1.54, 1.807) is 0 Å². The van der Waals surface area contributed by atoms with Crippen molar-refractivity contribution in [2.45, 2.75) is 6.42 Å². The Morgan fingerprint density at radius 1 is 1.00 bits per heavy atom. The zero-order valence-electron chi connectivity index (χ0n) is 15.0. The zero-order chi connectivity index (χ0) is 17.9. The minimum atomic E-state index is -0.196. The first-order valence-corrected chi connectivity index (χ1v) is 9.03. The molecule has 2 aromatic carbocycles. The summed E-state index contributed by atoms with van der Waals surface area (Å²) in [5.74, 6) is -0.103. The van der Waals surface area contributed by atoms with Gasteiger partial charge < -0.3 is 9.88 Å². The van der Waals surface area contributed by atoms with Crippen LogP contribution in [-0.2, 0) is 6.42 Å². The number of hydrogen-bond acceptors (Lipinski definition) is 2. The van der Waals surface area contributed by atoms with E-state index in [2.05, 4.69) is 9.88 Å². The summed E-state index contributed by atoms with van der Waals surface area (Å²) in [5.41, 5.74) is 2.80. The molecule has 1 aromatic heterocycles. The summed E-state index contributed by atoms with van der Waals surface area (Å²) in [6.07, 6.45) is 2.77. The number of carbonyl (C=O) groups is 1. The molecule has 1 saturated heterocycles. The van der Waals surface area contributed by atoms with Gasteiger partial charge in [0.15, 0.2) is 0 Å². The summed E-state index contributed by atoms with van der Waals surface area (Å²) in [6.45, 7) is 4.14. The van der Waals surface area contributed by atoms with Crippen molar-refractivity contribution >= 4 is 29.2 Å². The highest BCUT2D eigenvalue weighted by atomic mass is 35.5. The molecule has 27 heavy (non-hydrogen) atoms. The Morgan fingerprint density at radius 2 is 1.74 bits per heavy atom. The fourth-order valence-electron chi connectivity index (χ4n) is 3.55. The molecule has 4 nitrogen and oxygen atoms in total. The van der Waals surface area contributed by atoms with Crippen LogP contribution in [0, 0.1) is 5.82 Å². The number of nitrogens with one attached hydrogen (secondary N) is 1. The second kappa shape index (κ2) is 8.55. The topological polar surface area (TPSA) is 39.3 Å². The predicted octanol–water partition coefficient (Wildman–Crippen LogP) is 3.73. The van der Waals surface area contributed by atoms with E-state index in [0.29, 0.717) is 0 Å². The van der Waals surface area contributed by atoms with Gasteiger partial charge in [0, 0.05) is 44.3 Å². The maximum absolute atomic E-state index is 13.0. The fraction of sp³-hybridized carbons (Fsp3) is 0.286. The molecule has 1 aliphatic rings. The van der Waals surface area contributed by atoms with E-state index in [9.17, 15) is 9.18 Å². The molecule has 0 atom stereocenters. The maximum atomic E-state index is 13.0. The number of aromatic nitrogens is 1. The SMILES string of the molecule is Cl.O=C(c1cccc2cc[nH]c12)N1CCN(CCc2ccc(F)cc2)CC1. The molecular formula is C21H23ClFN3O. The number of carbonyl (C=O) groups excluding carboxylic acids is 1. The molecule has 1 fully saturated rings. The van der Waals surface area contributed by atoms with Crippen LogP contribution in [0.4, 0.5) is 4.39 Å². The number of fused-ring (bicyclic) bond motifs is 1. The first-order valence-electron chi connectivity index (χ1n) is 9.03. The van der Waals surface area contributed by atoms with Crippen LogP contribution in [0.5, 0.6) is 0 Å². The van der Waals surface area contributed by atoms with Crippen LogP contribution >= 0.6 is 12.4 Å². The summed E-state index contributed by atoms with van der Waals surface area (Å²) in [5, 5.41) is 1.06. The second-order valence-electron chi connectivity index (χ2n) is 6.76. The Labute approximate surface area is 164 Å². The largest absolute Gasteiger partial charge is 0.361 e. The molecule has 0 saturated carbocycles. The van der Waals surface area contributed by atoms with Crippen LogP contribution in [0.2, 0.25) is 0 Å². The van der Waals surface area contributed by atoms with Crippen molar-refractivity contribution in [2.75, 3.05) is 32.7 Å². The van der Waals surface area contributed by atoms with Crippen molar-refractivity contribution in [3.63, 3.8) is 0 Å². The quantitative estimate of drug-likeness (QED) is 0.741. The van der Waals surface area contributed by atoms with Crippen LogP contribution in [0.1, 0.15) is 15.9 Å². The van der Waals surface area contributed by atoms with Crippen LogP contribution in [0.25, 0.3) is 10.9 Å². The Kier molecular flexibility index (Phi) is 6.14. The van der Waals surface area contributed by atoms with Crippen molar-refractivity contribution in [3.8, 4) is 0 Å². The average Bonchev–Trinajstić information content (AvgIpc) is 3.16. The number of benzene rings is 2. The van der Waals surface area contributed by atoms with Gasteiger partial charge in [0.1, 0.15) is 5.82 Å². The number of hydrogen-bond donors (Lipinski definition) is 1. The van der Waals surface area contributed by atoms with E-state index >= 15 is 0 Å². The van der Waals surface area contributed by atoms with Crippen molar-refractivity contribution in [1.82, 2.24) is 14.8 Å². The monoisotopic (exact) mass is 387 g/mol. The molecule has 2 heterocycles. The summed E-state index contributed by atoms with van der Waals surface area (Å²) >= 11 is 0. The summed E-state index contributed by atoms with van der Waals surface area (Å²) in [4.78, 5) is 20.4. The maximum Gasteiger partial charge on any atom is 0.256 e. The Hall–Kier alpha value is -2.37. The minimum absolute atomic E-state index is 0. The third-order valence-electron chi connectivity index (χ3n) is 5.11. The van der Waals surface area contributed by atoms with E-state index < -0.39 is 0 Å². The van der Waals surface area contributed by atoms with Gasteiger partial charge in [-0.3, -0.25) is 9.69 Å². The van der Waals surface area contributed by atoms with Gasteiger partial charge in [0.05, 0.1) is 11.1 Å². The molecule has 6 heteroatoms. The fourth-order valence-corrected chi connectivity index (χ4v) is 3.55. The second-order valence-corrected chi connectivity index (χ2v) is 6.76. The molecule has 0 unspecified atom stereocenters. The van der Waals surface area contributed by atoms with E-state index in [1.165, 1.54) is 12.1 Å². The van der Waals surface area contributed by atoms with Crippen LogP contribution < -0.4 is 0 Å². The molecule has 1 amide bonds. The Morgan fingerprint density at radius 3 is 2.48 bits per heavy atom. The van der Waals surface area contributed by atoms with Crippen molar-refractivity contribution in [3.05, 3.63) is 71.7 Å². The van der Waals surface area contributed by atoms with Gasteiger partial charge in [-0.2, -0.15) is 0 Å². The molecule has 1 N–H and O–H groups in total. The molecule has 0 bridgehead atoms. The number of piperazine rings is 1. The van der Waals surface area contributed by atoms with Crippen molar-refractivity contribution in [1.29, 1.82) is 0 Å². The van der Waals surface area contributed by atoms with Crippen molar-refractivity contribution in [2.24, 2.45) is 0 Å². The molecule has 0 radical (unpaired) electrons. The number of rotatable bonds is 4.